The molecule has 3 aromatic carbocycles. The molecule has 0 atom stereocenters. The summed E-state index contributed by atoms with van der Waals surface area (Å²) in [5, 5.41) is 21.6. The molecular formula is C25H18FN3OS. The fraction of sp³-hybridized carbons (Fsp3) is 0.0400. The molecule has 4 aromatic rings. The molecule has 0 spiro atoms. The van der Waals surface area contributed by atoms with Crippen LogP contribution in [0.15, 0.2) is 90.0 Å². The summed E-state index contributed by atoms with van der Waals surface area (Å²) in [6.07, 6.45) is 0. The summed E-state index contributed by atoms with van der Waals surface area (Å²) in [5.41, 5.74) is 5.13. The molecule has 1 aliphatic heterocycles. The highest BCUT2D eigenvalue weighted by Crippen LogP contribution is 2.34. The zero-order chi connectivity index (χ0) is 21.4. The molecule has 2 N–H and O–H groups in total. The Hall–Kier alpha value is -3.77. The first-order valence-corrected chi connectivity index (χ1v) is 10.6. The van der Waals surface area contributed by atoms with E-state index in [-0.39, 0.29) is 24.0 Å². The third kappa shape index (κ3) is 3.62. The van der Waals surface area contributed by atoms with Crippen LogP contribution in [0.3, 0.4) is 0 Å². The van der Waals surface area contributed by atoms with Gasteiger partial charge in [0.2, 0.25) is 0 Å². The van der Waals surface area contributed by atoms with Crippen molar-refractivity contribution in [1.29, 1.82) is 5.41 Å². The molecule has 6 heteroatoms. The highest BCUT2D eigenvalue weighted by molar-refractivity contribution is 7.11. The van der Waals surface area contributed by atoms with Gasteiger partial charge in [0, 0.05) is 16.6 Å². The van der Waals surface area contributed by atoms with Crippen LogP contribution in [-0.2, 0) is 0 Å². The molecule has 0 amide bonds. The molecule has 0 bridgehead atoms. The second kappa shape index (κ2) is 7.81. The molecule has 2 heterocycles. The summed E-state index contributed by atoms with van der Waals surface area (Å²) in [7, 11) is 0. The second-order valence-corrected chi connectivity index (χ2v) is 8.07. The van der Waals surface area contributed by atoms with Gasteiger partial charge >= 0.3 is 0 Å². The third-order valence-electron chi connectivity index (χ3n) is 5.25. The van der Waals surface area contributed by atoms with Crippen LogP contribution in [-0.4, -0.2) is 22.5 Å². The quantitative estimate of drug-likeness (QED) is 0.397. The maximum absolute atomic E-state index is 13.2. The first-order chi connectivity index (χ1) is 15.1. The van der Waals surface area contributed by atoms with E-state index < -0.39 is 0 Å². The lowest BCUT2D eigenvalue weighted by Gasteiger charge is -2.18. The molecule has 4 nitrogen and oxygen atoms in total. The minimum absolute atomic E-state index is 0.0923. The van der Waals surface area contributed by atoms with E-state index in [0.717, 1.165) is 22.4 Å². The largest absolute Gasteiger partial charge is 0.510 e. The fourth-order valence-corrected chi connectivity index (χ4v) is 4.53. The van der Waals surface area contributed by atoms with Crippen LogP contribution in [0.4, 0.5) is 10.1 Å². The van der Waals surface area contributed by atoms with Crippen molar-refractivity contribution in [1.82, 2.24) is 4.98 Å². The number of halogens is 1. The molecule has 0 fully saturated rings. The number of hydrogen-bond acceptors (Lipinski definition) is 4. The van der Waals surface area contributed by atoms with Crippen LogP contribution in [0.25, 0.3) is 28.0 Å². The van der Waals surface area contributed by atoms with Gasteiger partial charge in [-0.1, -0.05) is 54.6 Å². The molecule has 31 heavy (non-hydrogen) atoms. The lowest BCUT2D eigenvalue weighted by molar-refractivity contribution is 0.411. The van der Waals surface area contributed by atoms with E-state index in [1.54, 1.807) is 17.0 Å². The van der Waals surface area contributed by atoms with Gasteiger partial charge in [-0.3, -0.25) is 5.41 Å². The molecule has 1 aliphatic rings. The van der Waals surface area contributed by atoms with Gasteiger partial charge in [0.1, 0.15) is 22.4 Å². The molecule has 5 rings (SSSR count). The van der Waals surface area contributed by atoms with E-state index >= 15 is 0 Å². The highest BCUT2D eigenvalue weighted by atomic mass is 32.1. The van der Waals surface area contributed by atoms with Gasteiger partial charge in [-0.15, -0.1) is 11.3 Å². The Bertz CT molecular complexity index is 1280. The normalized spacial score (nSPS) is 13.8. The Morgan fingerprint density at radius 1 is 0.871 bits per heavy atom. The number of thiazole rings is 1. The highest BCUT2D eigenvalue weighted by Gasteiger charge is 2.31. The summed E-state index contributed by atoms with van der Waals surface area (Å²) in [5.74, 6) is -0.0891. The maximum Gasteiger partial charge on any atom is 0.139 e. The average Bonchev–Trinajstić information content (AvgIpc) is 3.39. The van der Waals surface area contributed by atoms with Crippen molar-refractivity contribution in [3.63, 3.8) is 0 Å². The number of aliphatic hydroxyl groups is 1. The Labute approximate surface area is 183 Å². The average molecular weight is 428 g/mol. The summed E-state index contributed by atoms with van der Waals surface area (Å²) < 4.78 is 13.2. The SMILES string of the molecule is N=C1C(c2nc(-c3ccc(-c4ccccc4)cc3)cs2)=C(O)CN1c1ccc(F)cc1. The maximum atomic E-state index is 13.2. The summed E-state index contributed by atoms with van der Waals surface area (Å²) in [4.78, 5) is 6.32. The minimum Gasteiger partial charge on any atom is -0.510 e. The minimum atomic E-state index is -0.338. The third-order valence-corrected chi connectivity index (χ3v) is 6.11. The predicted octanol–water partition coefficient (Wildman–Crippen LogP) is 6.38. The summed E-state index contributed by atoms with van der Waals surface area (Å²) in [6, 6.07) is 24.2. The number of rotatable bonds is 4. The molecule has 1 aromatic heterocycles. The van der Waals surface area contributed by atoms with Gasteiger partial charge in [0.15, 0.2) is 0 Å². The van der Waals surface area contributed by atoms with Crippen LogP contribution in [0.2, 0.25) is 0 Å². The van der Waals surface area contributed by atoms with E-state index in [4.69, 9.17) is 5.41 Å². The van der Waals surface area contributed by atoms with Crippen LogP contribution >= 0.6 is 11.3 Å². The number of amidine groups is 1. The first-order valence-electron chi connectivity index (χ1n) is 9.76. The Morgan fingerprint density at radius 2 is 1.52 bits per heavy atom. The lowest BCUT2D eigenvalue weighted by atomic mass is 10.0. The van der Waals surface area contributed by atoms with E-state index in [0.29, 0.717) is 16.3 Å². The van der Waals surface area contributed by atoms with Gasteiger partial charge in [-0.2, -0.15) is 0 Å². The van der Waals surface area contributed by atoms with E-state index in [9.17, 15) is 9.50 Å². The van der Waals surface area contributed by atoms with Crippen molar-refractivity contribution in [2.75, 3.05) is 11.4 Å². The van der Waals surface area contributed by atoms with Crippen molar-refractivity contribution in [2.24, 2.45) is 0 Å². The number of nitrogens with one attached hydrogen (secondary N) is 1. The van der Waals surface area contributed by atoms with Gasteiger partial charge in [0.05, 0.1) is 17.8 Å². The molecular weight excluding hydrogens is 409 g/mol. The molecule has 0 saturated heterocycles. The number of benzene rings is 3. The first kappa shape index (κ1) is 19.2. The Balaban J connectivity index is 1.39. The van der Waals surface area contributed by atoms with Crippen molar-refractivity contribution in [2.45, 2.75) is 0 Å². The molecule has 0 saturated carbocycles. The van der Waals surface area contributed by atoms with Crippen LogP contribution in [0, 0.1) is 11.2 Å². The standard InChI is InChI=1S/C25H18FN3OS/c26-19-10-12-20(13-11-19)29-14-22(30)23(24(29)27)25-28-21(15-31-25)18-8-6-17(7-9-18)16-4-2-1-3-5-16/h1-13,15,27,30H,14H2. The number of hydrogen-bond donors (Lipinski definition) is 2. The van der Waals surface area contributed by atoms with Gasteiger partial charge in [-0.25, -0.2) is 9.37 Å². The molecule has 0 unspecified atom stereocenters. The smallest absolute Gasteiger partial charge is 0.139 e. The van der Waals surface area contributed by atoms with Crippen molar-refractivity contribution < 1.29 is 9.50 Å². The fourth-order valence-electron chi connectivity index (χ4n) is 3.63. The van der Waals surface area contributed by atoms with E-state index in [1.807, 2.05) is 35.7 Å². The summed E-state index contributed by atoms with van der Waals surface area (Å²) in [6.45, 7) is 0.167. The van der Waals surface area contributed by atoms with Crippen molar-refractivity contribution >= 4 is 28.4 Å². The Kier molecular flexibility index (Phi) is 4.84. The van der Waals surface area contributed by atoms with Crippen molar-refractivity contribution in [3.8, 4) is 22.4 Å². The van der Waals surface area contributed by atoms with Gasteiger partial charge < -0.3 is 10.0 Å². The number of aliphatic hydroxyl groups excluding tert-OH is 1. The zero-order valence-corrected chi connectivity index (χ0v) is 17.2. The van der Waals surface area contributed by atoms with Crippen LogP contribution in [0.1, 0.15) is 5.01 Å². The van der Waals surface area contributed by atoms with E-state index in [2.05, 4.69) is 29.2 Å². The van der Waals surface area contributed by atoms with Crippen LogP contribution < -0.4 is 4.90 Å². The lowest BCUT2D eigenvalue weighted by Crippen LogP contribution is -2.25. The molecule has 0 aliphatic carbocycles. The van der Waals surface area contributed by atoms with Crippen LogP contribution in [0.5, 0.6) is 0 Å². The van der Waals surface area contributed by atoms with Crippen molar-refractivity contribution in [3.05, 3.63) is 101 Å². The monoisotopic (exact) mass is 427 g/mol. The molecule has 152 valence electrons. The Morgan fingerprint density at radius 3 is 2.23 bits per heavy atom. The summed E-state index contributed by atoms with van der Waals surface area (Å²) >= 11 is 1.39. The topological polar surface area (TPSA) is 60.2 Å². The van der Waals surface area contributed by atoms with E-state index in [1.165, 1.54) is 23.5 Å². The number of nitrogens with zero attached hydrogens (tertiary/aromatic N) is 2. The predicted molar refractivity (Wildman–Crippen MR) is 124 cm³/mol. The zero-order valence-electron chi connectivity index (χ0n) is 16.4. The van der Waals surface area contributed by atoms with Gasteiger partial charge in [-0.05, 0) is 35.4 Å². The molecule has 0 radical (unpaired) electrons. The number of anilines is 1. The van der Waals surface area contributed by atoms with Gasteiger partial charge in [0.25, 0.3) is 0 Å². The second-order valence-electron chi connectivity index (χ2n) is 7.21. The number of aromatic nitrogens is 1.